The Labute approximate surface area is 274 Å². The van der Waals surface area contributed by atoms with Crippen molar-refractivity contribution >= 4 is 29.2 Å². The van der Waals surface area contributed by atoms with Gasteiger partial charge in [-0.2, -0.15) is 0 Å². The summed E-state index contributed by atoms with van der Waals surface area (Å²) in [5.74, 6) is -1.06. The van der Waals surface area contributed by atoms with Gasteiger partial charge in [0.05, 0.1) is 25.5 Å². The second-order valence-corrected chi connectivity index (χ2v) is 12.5. The van der Waals surface area contributed by atoms with E-state index >= 15 is 0 Å². The Morgan fingerprint density at radius 3 is 2.30 bits per heavy atom. The molecule has 4 N–H and O–H groups in total. The van der Waals surface area contributed by atoms with E-state index in [-0.39, 0.29) is 49.9 Å². The lowest BCUT2D eigenvalue weighted by atomic mass is 9.85. The van der Waals surface area contributed by atoms with Gasteiger partial charge in [0.15, 0.2) is 6.29 Å². The van der Waals surface area contributed by atoms with Gasteiger partial charge < -0.3 is 40.1 Å². The molecule has 3 aliphatic rings. The number of aliphatic carboxylic acids is 1. The fourth-order valence-electron chi connectivity index (χ4n) is 6.81. The number of anilines is 2. The molecule has 3 fully saturated rings. The molecule has 0 aromatic heterocycles. The maximum Gasteiger partial charge on any atom is 0.303 e. The van der Waals surface area contributed by atoms with Crippen molar-refractivity contribution in [1.29, 1.82) is 0 Å². The summed E-state index contributed by atoms with van der Waals surface area (Å²) in [6.07, 6.45) is 1.45. The number of carboxylic acid groups (broad SMARTS) is 1. The number of nitrogens with one attached hydrogen (secondary N) is 2. The summed E-state index contributed by atoms with van der Waals surface area (Å²) in [4.78, 5) is 40.7. The summed E-state index contributed by atoms with van der Waals surface area (Å²) >= 11 is 0. The fraction of sp³-hybridized carbons (Fsp3) is 0.417. The van der Waals surface area contributed by atoms with Crippen LogP contribution in [-0.4, -0.2) is 70.8 Å². The molecule has 11 heteroatoms. The number of piperidine rings is 1. The van der Waals surface area contributed by atoms with E-state index in [4.69, 9.17) is 14.6 Å². The first-order chi connectivity index (χ1) is 22.8. The lowest BCUT2D eigenvalue weighted by molar-refractivity contribution is -0.253. The van der Waals surface area contributed by atoms with E-state index in [0.717, 1.165) is 48.3 Å². The summed E-state index contributed by atoms with van der Waals surface area (Å²) in [5.41, 5.74) is 3.76. The predicted octanol–water partition coefficient (Wildman–Crippen LogP) is 4.35. The molecule has 0 saturated carbocycles. The zero-order valence-corrected chi connectivity index (χ0v) is 26.3. The SMILES string of the molecule is O=C(O)CCCC(=O)Nc1ccc([C@@H]2O[C@H](CN3CCC4(CC3)C(=O)NCN4c3ccccc3)C[C@H](c3ccc(CO)cc3)O2)cc1. The van der Waals surface area contributed by atoms with Gasteiger partial charge in [0.25, 0.3) is 0 Å². The Morgan fingerprint density at radius 2 is 1.62 bits per heavy atom. The Kier molecular flexibility index (Phi) is 10.2. The highest BCUT2D eigenvalue weighted by Crippen LogP contribution is 2.40. The Morgan fingerprint density at radius 1 is 0.915 bits per heavy atom. The second kappa shape index (κ2) is 14.6. The number of aliphatic hydroxyl groups excluding tert-OH is 1. The highest BCUT2D eigenvalue weighted by molar-refractivity contribution is 5.93. The summed E-state index contributed by atoms with van der Waals surface area (Å²) in [6.45, 7) is 2.70. The number of likely N-dealkylation sites (tertiary alicyclic amines) is 1. The van der Waals surface area contributed by atoms with Gasteiger partial charge in [-0.05, 0) is 54.7 Å². The van der Waals surface area contributed by atoms with E-state index in [1.165, 1.54) is 0 Å². The third-order valence-electron chi connectivity index (χ3n) is 9.43. The van der Waals surface area contributed by atoms with Crippen LogP contribution in [0.2, 0.25) is 0 Å². The van der Waals surface area contributed by atoms with Gasteiger partial charge >= 0.3 is 5.97 Å². The fourth-order valence-corrected chi connectivity index (χ4v) is 6.81. The molecule has 2 amide bonds. The van der Waals surface area contributed by atoms with Gasteiger partial charge in [0, 0.05) is 55.8 Å². The van der Waals surface area contributed by atoms with Crippen molar-refractivity contribution < 1.29 is 34.1 Å². The maximum absolute atomic E-state index is 13.2. The van der Waals surface area contributed by atoms with E-state index < -0.39 is 17.8 Å². The van der Waals surface area contributed by atoms with E-state index in [9.17, 15) is 19.5 Å². The molecule has 3 saturated heterocycles. The molecule has 0 aliphatic carbocycles. The molecule has 0 radical (unpaired) electrons. The second-order valence-electron chi connectivity index (χ2n) is 12.5. The molecule has 47 heavy (non-hydrogen) atoms. The van der Waals surface area contributed by atoms with Crippen LogP contribution in [0.3, 0.4) is 0 Å². The van der Waals surface area contributed by atoms with Gasteiger partial charge in [-0.3, -0.25) is 14.4 Å². The Balaban J connectivity index is 1.13. The number of hydrogen-bond acceptors (Lipinski definition) is 8. The molecule has 3 aromatic carbocycles. The van der Waals surface area contributed by atoms with Crippen LogP contribution in [-0.2, 0) is 30.5 Å². The first kappa shape index (κ1) is 32.6. The number of nitrogens with zero attached hydrogens (tertiary/aromatic N) is 2. The Bertz CT molecular complexity index is 1530. The molecule has 3 heterocycles. The van der Waals surface area contributed by atoms with Crippen LogP contribution in [0.15, 0.2) is 78.9 Å². The summed E-state index contributed by atoms with van der Waals surface area (Å²) in [6, 6.07) is 25.2. The predicted molar refractivity (Wildman–Crippen MR) is 175 cm³/mol. The van der Waals surface area contributed by atoms with Crippen LogP contribution in [0.5, 0.6) is 0 Å². The molecule has 3 aromatic rings. The minimum absolute atomic E-state index is 0.0290. The molecule has 248 valence electrons. The van der Waals surface area contributed by atoms with E-state index in [0.29, 0.717) is 25.3 Å². The largest absolute Gasteiger partial charge is 0.481 e. The molecule has 3 aliphatic heterocycles. The number of carbonyl (C=O) groups is 3. The monoisotopic (exact) mass is 642 g/mol. The first-order valence-corrected chi connectivity index (χ1v) is 16.3. The van der Waals surface area contributed by atoms with Crippen molar-refractivity contribution in [2.75, 3.05) is 36.5 Å². The Hall–Kier alpha value is -4.29. The van der Waals surface area contributed by atoms with Gasteiger partial charge in [-0.25, -0.2) is 0 Å². The van der Waals surface area contributed by atoms with Crippen molar-refractivity contribution in [1.82, 2.24) is 10.2 Å². The molecule has 1 spiro atoms. The molecule has 6 rings (SSSR count). The van der Waals surface area contributed by atoms with Crippen LogP contribution in [0.1, 0.15) is 67.6 Å². The lowest BCUT2D eigenvalue weighted by Gasteiger charge is -2.45. The molecule has 0 unspecified atom stereocenters. The average Bonchev–Trinajstić information content (AvgIpc) is 3.40. The molecular weight excluding hydrogens is 600 g/mol. The molecule has 3 atom stereocenters. The van der Waals surface area contributed by atoms with Crippen LogP contribution in [0.4, 0.5) is 11.4 Å². The van der Waals surface area contributed by atoms with Crippen LogP contribution in [0.25, 0.3) is 0 Å². The van der Waals surface area contributed by atoms with Crippen LogP contribution in [0, 0.1) is 0 Å². The highest BCUT2D eigenvalue weighted by atomic mass is 16.7. The number of carbonyl (C=O) groups excluding carboxylic acids is 2. The van der Waals surface area contributed by atoms with Crippen molar-refractivity contribution in [2.45, 2.75) is 69.2 Å². The van der Waals surface area contributed by atoms with E-state index in [2.05, 4.69) is 32.6 Å². The van der Waals surface area contributed by atoms with Crippen molar-refractivity contribution in [3.8, 4) is 0 Å². The normalized spacial score (nSPS) is 22.6. The zero-order chi connectivity index (χ0) is 32.8. The lowest BCUT2D eigenvalue weighted by Crippen LogP contribution is -2.57. The summed E-state index contributed by atoms with van der Waals surface area (Å²) in [7, 11) is 0. The van der Waals surface area contributed by atoms with E-state index in [1.54, 1.807) is 12.1 Å². The van der Waals surface area contributed by atoms with Crippen LogP contribution >= 0.6 is 0 Å². The number of carboxylic acids is 1. The van der Waals surface area contributed by atoms with Gasteiger partial charge in [-0.15, -0.1) is 0 Å². The minimum Gasteiger partial charge on any atom is -0.481 e. The summed E-state index contributed by atoms with van der Waals surface area (Å²) < 4.78 is 13.1. The first-order valence-electron chi connectivity index (χ1n) is 16.3. The zero-order valence-electron chi connectivity index (χ0n) is 26.3. The minimum atomic E-state index is -0.921. The average molecular weight is 643 g/mol. The van der Waals surface area contributed by atoms with Gasteiger partial charge in [0.2, 0.25) is 11.8 Å². The topological polar surface area (TPSA) is 141 Å². The van der Waals surface area contributed by atoms with Crippen LogP contribution < -0.4 is 15.5 Å². The molecule has 11 nitrogen and oxygen atoms in total. The quantitative estimate of drug-likeness (QED) is 0.240. The maximum atomic E-state index is 13.2. The van der Waals surface area contributed by atoms with E-state index in [1.807, 2.05) is 54.6 Å². The number of aliphatic hydroxyl groups is 1. The van der Waals surface area contributed by atoms with Crippen molar-refractivity contribution in [3.63, 3.8) is 0 Å². The third kappa shape index (κ3) is 7.65. The number of amides is 2. The highest BCUT2D eigenvalue weighted by Gasteiger charge is 2.50. The van der Waals surface area contributed by atoms with Gasteiger partial charge in [0.1, 0.15) is 5.54 Å². The molecular formula is C36H42N4O7. The standard InChI is InChI=1S/C36H42N4O7/c41-23-25-9-11-26(12-10-25)31-21-30(46-34(47-31)27-13-15-28(16-14-27)38-32(42)7-4-8-33(43)44)22-39-19-17-36(18-20-39)35(45)37-24-40(36)29-5-2-1-3-6-29/h1-3,5-6,9-16,30-31,34,41H,4,7-8,17-24H2,(H,37,45)(H,38,42)(H,43,44)/t30-,31+,34+/m0/s1. The number of hydrogen-bond donors (Lipinski definition) is 4. The third-order valence-corrected chi connectivity index (χ3v) is 9.43. The number of ether oxygens (including phenoxy) is 2. The number of benzene rings is 3. The van der Waals surface area contributed by atoms with Crippen molar-refractivity contribution in [3.05, 3.63) is 95.6 Å². The van der Waals surface area contributed by atoms with Crippen molar-refractivity contribution in [2.24, 2.45) is 0 Å². The number of para-hydroxylation sites is 1. The smallest absolute Gasteiger partial charge is 0.303 e. The van der Waals surface area contributed by atoms with Gasteiger partial charge in [-0.1, -0.05) is 54.6 Å². The summed E-state index contributed by atoms with van der Waals surface area (Å²) in [5, 5.41) is 24.2. The molecule has 0 bridgehead atoms. The number of rotatable bonds is 11.